The number of carbonyl (C=O) groups excluding carboxylic acids is 2. The molecular formula is C16H13NO4. The predicted octanol–water partition coefficient (Wildman–Crippen LogP) is 2.86. The Balaban J connectivity index is 2.14. The molecule has 1 aliphatic heterocycles. The highest BCUT2D eigenvalue weighted by Gasteiger charge is 2.26. The molecule has 21 heavy (non-hydrogen) atoms. The summed E-state index contributed by atoms with van der Waals surface area (Å²) < 4.78 is 10.5. The molecule has 1 heterocycles. The first-order valence-electron chi connectivity index (χ1n) is 6.39. The normalized spacial score (nSPS) is 12.9. The van der Waals surface area contributed by atoms with Crippen LogP contribution < -0.4 is 9.64 Å². The molecule has 0 aliphatic carbocycles. The van der Waals surface area contributed by atoms with Crippen LogP contribution in [0.5, 0.6) is 11.5 Å². The van der Waals surface area contributed by atoms with E-state index in [0.717, 1.165) is 0 Å². The van der Waals surface area contributed by atoms with Gasteiger partial charge in [0.15, 0.2) is 5.75 Å². The molecule has 5 heteroatoms. The Morgan fingerprint density at radius 3 is 2.67 bits per heavy atom. The molecule has 0 bridgehead atoms. The van der Waals surface area contributed by atoms with Gasteiger partial charge >= 0.3 is 5.97 Å². The summed E-state index contributed by atoms with van der Waals surface area (Å²) in [4.78, 5) is 25.6. The average molecular weight is 283 g/mol. The van der Waals surface area contributed by atoms with Gasteiger partial charge in [0.1, 0.15) is 5.75 Å². The van der Waals surface area contributed by atoms with Crippen LogP contribution >= 0.6 is 0 Å². The lowest BCUT2D eigenvalue weighted by Gasteiger charge is -2.17. The van der Waals surface area contributed by atoms with E-state index in [2.05, 4.69) is 0 Å². The van der Waals surface area contributed by atoms with Gasteiger partial charge in [0.05, 0.1) is 23.9 Å². The maximum Gasteiger partial charge on any atom is 0.337 e. The van der Waals surface area contributed by atoms with Crippen LogP contribution in [0.4, 0.5) is 5.69 Å². The molecule has 5 nitrogen and oxygen atoms in total. The molecular weight excluding hydrogens is 270 g/mol. The molecule has 0 spiro atoms. The van der Waals surface area contributed by atoms with Crippen molar-refractivity contribution in [3.05, 3.63) is 53.6 Å². The summed E-state index contributed by atoms with van der Waals surface area (Å²) >= 11 is 0. The van der Waals surface area contributed by atoms with E-state index in [0.29, 0.717) is 28.3 Å². The smallest absolute Gasteiger partial charge is 0.337 e. The highest BCUT2D eigenvalue weighted by Crippen LogP contribution is 2.38. The van der Waals surface area contributed by atoms with Gasteiger partial charge in [-0.05, 0) is 30.3 Å². The van der Waals surface area contributed by atoms with Crippen molar-refractivity contribution in [3.8, 4) is 11.5 Å². The molecule has 106 valence electrons. The number of esters is 1. The van der Waals surface area contributed by atoms with E-state index in [1.165, 1.54) is 12.0 Å². The Hall–Kier alpha value is -2.82. The van der Waals surface area contributed by atoms with Crippen LogP contribution in [0.1, 0.15) is 20.7 Å². The highest BCUT2D eigenvalue weighted by atomic mass is 16.5. The van der Waals surface area contributed by atoms with E-state index in [4.69, 9.17) is 9.47 Å². The van der Waals surface area contributed by atoms with Crippen molar-refractivity contribution < 1.29 is 19.1 Å². The first-order chi connectivity index (χ1) is 10.1. The van der Waals surface area contributed by atoms with E-state index >= 15 is 0 Å². The monoisotopic (exact) mass is 283 g/mol. The Bertz CT molecular complexity index is 739. The van der Waals surface area contributed by atoms with Gasteiger partial charge < -0.3 is 14.4 Å². The van der Waals surface area contributed by atoms with E-state index in [1.807, 2.05) is 0 Å². The van der Waals surface area contributed by atoms with Crippen molar-refractivity contribution >= 4 is 17.6 Å². The van der Waals surface area contributed by atoms with Crippen molar-refractivity contribution in [1.82, 2.24) is 0 Å². The second-order valence-corrected chi connectivity index (χ2v) is 4.64. The number of amides is 1. The summed E-state index contributed by atoms with van der Waals surface area (Å²) in [5.74, 6) is 0.370. The number of para-hydroxylation sites is 1. The molecule has 0 atom stereocenters. The highest BCUT2D eigenvalue weighted by molar-refractivity contribution is 6.09. The molecule has 0 radical (unpaired) electrons. The molecule has 0 N–H and O–H groups in total. The number of ether oxygens (including phenoxy) is 2. The van der Waals surface area contributed by atoms with Crippen molar-refractivity contribution in [2.45, 2.75) is 0 Å². The number of methoxy groups -OCH3 is 1. The summed E-state index contributed by atoms with van der Waals surface area (Å²) in [7, 11) is 2.96. The number of hydrogen-bond acceptors (Lipinski definition) is 4. The van der Waals surface area contributed by atoms with E-state index in [1.54, 1.807) is 49.5 Å². The lowest BCUT2D eigenvalue weighted by Crippen LogP contribution is -2.25. The lowest BCUT2D eigenvalue weighted by molar-refractivity contribution is 0.0600. The zero-order chi connectivity index (χ0) is 15.0. The van der Waals surface area contributed by atoms with Gasteiger partial charge in [-0.1, -0.05) is 12.1 Å². The molecule has 0 unspecified atom stereocenters. The maximum absolute atomic E-state index is 12.5. The molecule has 1 aliphatic rings. The molecule has 0 aromatic heterocycles. The summed E-state index contributed by atoms with van der Waals surface area (Å²) in [5.41, 5.74) is 1.38. The minimum absolute atomic E-state index is 0.189. The van der Waals surface area contributed by atoms with Gasteiger partial charge in [0.2, 0.25) is 0 Å². The third-order valence-corrected chi connectivity index (χ3v) is 3.38. The van der Waals surface area contributed by atoms with Crippen LogP contribution in [0.15, 0.2) is 42.5 Å². The zero-order valence-electron chi connectivity index (χ0n) is 11.6. The third kappa shape index (κ3) is 2.12. The average Bonchev–Trinajstić information content (AvgIpc) is 2.63. The van der Waals surface area contributed by atoms with Gasteiger partial charge in [0.25, 0.3) is 5.91 Å². The van der Waals surface area contributed by atoms with Crippen molar-refractivity contribution in [2.75, 3.05) is 19.1 Å². The lowest BCUT2D eigenvalue weighted by atomic mass is 10.1. The summed E-state index contributed by atoms with van der Waals surface area (Å²) in [5, 5.41) is 0. The van der Waals surface area contributed by atoms with Gasteiger partial charge in [-0.3, -0.25) is 4.79 Å². The number of carbonyl (C=O) groups is 2. The summed E-state index contributed by atoms with van der Waals surface area (Å²) in [6.07, 6.45) is 0. The van der Waals surface area contributed by atoms with Crippen LogP contribution in [0.25, 0.3) is 0 Å². The van der Waals surface area contributed by atoms with E-state index < -0.39 is 5.97 Å². The van der Waals surface area contributed by atoms with Crippen LogP contribution in [-0.2, 0) is 4.74 Å². The largest absolute Gasteiger partial charge is 0.465 e. The fraction of sp³-hybridized carbons (Fsp3) is 0.125. The first kappa shape index (κ1) is 13.2. The number of benzene rings is 2. The van der Waals surface area contributed by atoms with Gasteiger partial charge in [-0.25, -0.2) is 4.79 Å². The third-order valence-electron chi connectivity index (χ3n) is 3.38. The van der Waals surface area contributed by atoms with E-state index in [-0.39, 0.29) is 5.91 Å². The quantitative estimate of drug-likeness (QED) is 0.755. The minimum atomic E-state index is -0.458. The molecule has 2 aromatic rings. The van der Waals surface area contributed by atoms with Crippen LogP contribution in [0.2, 0.25) is 0 Å². The summed E-state index contributed by atoms with van der Waals surface area (Å²) in [6.45, 7) is 0. The number of fused-ring (bicyclic) bond motifs is 2. The molecule has 1 amide bonds. The molecule has 0 saturated heterocycles. The Morgan fingerprint density at radius 2 is 1.90 bits per heavy atom. The van der Waals surface area contributed by atoms with E-state index in [9.17, 15) is 9.59 Å². The number of anilines is 1. The second kappa shape index (κ2) is 4.94. The van der Waals surface area contributed by atoms with Crippen molar-refractivity contribution in [2.24, 2.45) is 0 Å². The zero-order valence-corrected chi connectivity index (χ0v) is 11.6. The second-order valence-electron chi connectivity index (χ2n) is 4.64. The van der Waals surface area contributed by atoms with Gasteiger partial charge in [-0.15, -0.1) is 0 Å². The fourth-order valence-electron chi connectivity index (χ4n) is 2.25. The van der Waals surface area contributed by atoms with Crippen molar-refractivity contribution in [3.63, 3.8) is 0 Å². The molecule has 2 aromatic carbocycles. The standard InChI is InChI=1S/C16H13NO4/c1-17-12-9-10(16(19)20-2)7-8-14(12)21-13-6-4-3-5-11(13)15(17)18/h3-9H,1-2H3. The Kier molecular flexibility index (Phi) is 3.10. The van der Waals surface area contributed by atoms with Crippen LogP contribution in [0.3, 0.4) is 0 Å². The van der Waals surface area contributed by atoms with Gasteiger partial charge in [-0.2, -0.15) is 0 Å². The number of rotatable bonds is 1. The minimum Gasteiger partial charge on any atom is -0.465 e. The van der Waals surface area contributed by atoms with Gasteiger partial charge in [0, 0.05) is 7.05 Å². The molecule has 3 rings (SSSR count). The number of hydrogen-bond donors (Lipinski definition) is 0. The summed E-state index contributed by atoms with van der Waals surface area (Å²) in [6, 6.07) is 11.9. The maximum atomic E-state index is 12.5. The molecule has 0 fully saturated rings. The van der Waals surface area contributed by atoms with Crippen LogP contribution in [0, 0.1) is 0 Å². The van der Waals surface area contributed by atoms with Crippen molar-refractivity contribution in [1.29, 1.82) is 0 Å². The predicted molar refractivity (Wildman–Crippen MR) is 77.0 cm³/mol. The topological polar surface area (TPSA) is 55.8 Å². The SMILES string of the molecule is COC(=O)c1ccc2c(c1)N(C)C(=O)c1ccccc1O2. The van der Waals surface area contributed by atoms with Crippen LogP contribution in [-0.4, -0.2) is 26.0 Å². The number of nitrogens with zero attached hydrogens (tertiary/aromatic N) is 1. The Morgan fingerprint density at radius 1 is 1.14 bits per heavy atom. The molecule has 0 saturated carbocycles. The fourth-order valence-corrected chi connectivity index (χ4v) is 2.25. The first-order valence-corrected chi connectivity index (χ1v) is 6.39. The Labute approximate surface area is 121 Å².